The number of aromatic nitrogens is 1. The molecule has 0 bridgehead atoms. The monoisotopic (exact) mass is 235 g/mol. The smallest absolute Gasteiger partial charge is 0.143 e. The fraction of sp³-hybridized carbons (Fsp3) is 0.182. The summed E-state index contributed by atoms with van der Waals surface area (Å²) < 4.78 is 5.17. The summed E-state index contributed by atoms with van der Waals surface area (Å²) in [6.07, 6.45) is 0. The van der Waals surface area contributed by atoms with E-state index in [4.69, 9.17) is 10.6 Å². The number of anilines is 1. The highest BCUT2D eigenvalue weighted by Crippen LogP contribution is 2.30. The number of thiazole rings is 1. The molecule has 0 atom stereocenters. The number of hydrogen-bond donors (Lipinski definition) is 2. The zero-order chi connectivity index (χ0) is 11.5. The van der Waals surface area contributed by atoms with Gasteiger partial charge < -0.3 is 10.2 Å². The van der Waals surface area contributed by atoms with Gasteiger partial charge in [-0.1, -0.05) is 0 Å². The summed E-state index contributed by atoms with van der Waals surface area (Å²) in [6, 6.07) is 5.76. The molecule has 2 aromatic rings. The van der Waals surface area contributed by atoms with Crippen LogP contribution in [0.1, 0.15) is 5.01 Å². The minimum Gasteiger partial charge on any atom is -0.495 e. The first-order valence-electron chi connectivity index (χ1n) is 4.81. The van der Waals surface area contributed by atoms with Crippen LogP contribution in [0.2, 0.25) is 0 Å². The van der Waals surface area contributed by atoms with E-state index in [9.17, 15) is 0 Å². The van der Waals surface area contributed by atoms with Crippen molar-refractivity contribution < 1.29 is 4.74 Å². The quantitative estimate of drug-likeness (QED) is 0.633. The maximum absolute atomic E-state index is 5.43. The molecule has 0 aliphatic heterocycles. The lowest BCUT2D eigenvalue weighted by Gasteiger charge is -2.08. The third-order valence-corrected chi connectivity index (χ3v) is 3.04. The number of rotatable bonds is 3. The van der Waals surface area contributed by atoms with E-state index in [1.807, 2.05) is 30.5 Å². The number of ether oxygens (including phenoxy) is 1. The molecule has 0 saturated carbocycles. The van der Waals surface area contributed by atoms with Crippen LogP contribution in [0.15, 0.2) is 23.6 Å². The predicted molar refractivity (Wildman–Crippen MR) is 66.6 cm³/mol. The average molecular weight is 235 g/mol. The Bertz CT molecular complexity index is 496. The first-order chi connectivity index (χ1) is 7.74. The molecular weight excluding hydrogens is 222 g/mol. The molecule has 2 rings (SSSR count). The van der Waals surface area contributed by atoms with Crippen LogP contribution in [-0.2, 0) is 0 Å². The van der Waals surface area contributed by atoms with Crippen LogP contribution < -0.4 is 16.0 Å². The summed E-state index contributed by atoms with van der Waals surface area (Å²) in [5, 5.41) is 3.07. The molecule has 16 heavy (non-hydrogen) atoms. The summed E-state index contributed by atoms with van der Waals surface area (Å²) >= 11 is 1.63. The molecule has 0 spiro atoms. The van der Waals surface area contributed by atoms with Gasteiger partial charge in [0, 0.05) is 10.9 Å². The van der Waals surface area contributed by atoms with Gasteiger partial charge in [-0.15, -0.1) is 11.3 Å². The number of nitrogens with zero attached hydrogens (tertiary/aromatic N) is 1. The van der Waals surface area contributed by atoms with Gasteiger partial charge in [-0.25, -0.2) is 4.98 Å². The van der Waals surface area contributed by atoms with Crippen LogP contribution in [-0.4, -0.2) is 12.1 Å². The van der Waals surface area contributed by atoms with E-state index in [1.165, 1.54) is 0 Å². The van der Waals surface area contributed by atoms with Crippen LogP contribution in [0.5, 0.6) is 5.75 Å². The van der Waals surface area contributed by atoms with Crippen molar-refractivity contribution in [2.45, 2.75) is 6.92 Å². The first-order valence-corrected chi connectivity index (χ1v) is 5.69. The topological polar surface area (TPSA) is 60.2 Å². The lowest BCUT2D eigenvalue weighted by Crippen LogP contribution is -2.08. The highest BCUT2D eigenvalue weighted by atomic mass is 32.1. The standard InChI is InChI=1S/C11H13N3OS/c1-7-13-10(6-16-7)8-3-4-11(15-2)9(5-8)14-12/h3-6,14H,12H2,1-2H3. The van der Waals surface area contributed by atoms with Crippen molar-refractivity contribution in [3.05, 3.63) is 28.6 Å². The lowest BCUT2D eigenvalue weighted by molar-refractivity contribution is 0.416. The third kappa shape index (κ3) is 2.00. The van der Waals surface area contributed by atoms with Crippen LogP contribution >= 0.6 is 11.3 Å². The molecule has 0 aliphatic rings. The molecule has 0 fully saturated rings. The van der Waals surface area contributed by atoms with E-state index >= 15 is 0 Å². The summed E-state index contributed by atoms with van der Waals surface area (Å²) in [4.78, 5) is 4.42. The van der Waals surface area contributed by atoms with Gasteiger partial charge in [0.05, 0.1) is 23.5 Å². The maximum atomic E-state index is 5.43. The Labute approximate surface area is 98.1 Å². The van der Waals surface area contributed by atoms with Gasteiger partial charge in [-0.3, -0.25) is 5.84 Å². The molecule has 0 amide bonds. The summed E-state index contributed by atoms with van der Waals surface area (Å²) in [5.74, 6) is 6.15. The molecule has 1 aromatic heterocycles. The molecule has 0 aliphatic carbocycles. The molecule has 3 N–H and O–H groups in total. The highest BCUT2D eigenvalue weighted by molar-refractivity contribution is 7.09. The van der Waals surface area contributed by atoms with Gasteiger partial charge in [-0.2, -0.15) is 0 Å². The van der Waals surface area contributed by atoms with Crippen molar-refractivity contribution in [2.75, 3.05) is 12.5 Å². The Balaban J connectivity index is 2.43. The van der Waals surface area contributed by atoms with Crippen LogP contribution in [0.3, 0.4) is 0 Å². The zero-order valence-electron chi connectivity index (χ0n) is 9.15. The summed E-state index contributed by atoms with van der Waals surface area (Å²) in [6.45, 7) is 1.99. The summed E-state index contributed by atoms with van der Waals surface area (Å²) in [7, 11) is 1.61. The number of nitrogens with one attached hydrogen (secondary N) is 1. The molecular formula is C11H13N3OS. The van der Waals surface area contributed by atoms with Gasteiger partial charge in [0.1, 0.15) is 5.75 Å². The lowest BCUT2D eigenvalue weighted by atomic mass is 10.1. The van der Waals surface area contributed by atoms with Gasteiger partial charge in [-0.05, 0) is 25.1 Å². The molecule has 5 heteroatoms. The Hall–Kier alpha value is -1.59. The number of hydrogen-bond acceptors (Lipinski definition) is 5. The van der Waals surface area contributed by atoms with Gasteiger partial charge in [0.25, 0.3) is 0 Å². The normalized spacial score (nSPS) is 10.2. The van der Waals surface area contributed by atoms with E-state index < -0.39 is 0 Å². The van der Waals surface area contributed by atoms with E-state index in [0.29, 0.717) is 0 Å². The van der Waals surface area contributed by atoms with Crippen molar-refractivity contribution in [1.29, 1.82) is 0 Å². The second kappa shape index (κ2) is 4.51. The Morgan fingerprint density at radius 1 is 1.44 bits per heavy atom. The van der Waals surface area contributed by atoms with Crippen LogP contribution in [0, 0.1) is 6.92 Å². The molecule has 0 radical (unpaired) electrons. The average Bonchev–Trinajstić information content (AvgIpc) is 2.75. The number of hydrazine groups is 1. The van der Waals surface area contributed by atoms with E-state index in [0.717, 1.165) is 27.7 Å². The molecule has 4 nitrogen and oxygen atoms in total. The Morgan fingerprint density at radius 3 is 2.81 bits per heavy atom. The number of methoxy groups -OCH3 is 1. The van der Waals surface area contributed by atoms with Gasteiger partial charge >= 0.3 is 0 Å². The third-order valence-electron chi connectivity index (χ3n) is 2.27. The highest BCUT2D eigenvalue weighted by Gasteiger charge is 2.06. The van der Waals surface area contributed by atoms with Crippen molar-refractivity contribution >= 4 is 17.0 Å². The number of nitrogen functional groups attached to an aromatic ring is 1. The summed E-state index contributed by atoms with van der Waals surface area (Å²) in [5.41, 5.74) is 5.36. The fourth-order valence-electron chi connectivity index (χ4n) is 1.48. The Morgan fingerprint density at radius 2 is 2.25 bits per heavy atom. The predicted octanol–water partition coefficient (Wildman–Crippen LogP) is 2.41. The van der Waals surface area contributed by atoms with Crippen LogP contribution in [0.4, 0.5) is 5.69 Å². The first kappa shape index (κ1) is 10.9. The molecule has 84 valence electrons. The minimum atomic E-state index is 0.721. The maximum Gasteiger partial charge on any atom is 0.143 e. The zero-order valence-corrected chi connectivity index (χ0v) is 9.97. The molecule has 0 unspecified atom stereocenters. The Kier molecular flexibility index (Phi) is 3.07. The largest absolute Gasteiger partial charge is 0.495 e. The molecule has 0 saturated heterocycles. The molecule has 1 heterocycles. The number of aryl methyl sites for hydroxylation is 1. The van der Waals surface area contributed by atoms with Crippen molar-refractivity contribution in [1.82, 2.24) is 4.98 Å². The SMILES string of the molecule is COc1ccc(-c2csc(C)n2)cc1NN. The van der Waals surface area contributed by atoms with E-state index in [1.54, 1.807) is 18.4 Å². The minimum absolute atomic E-state index is 0.721. The number of benzene rings is 1. The fourth-order valence-corrected chi connectivity index (χ4v) is 2.10. The van der Waals surface area contributed by atoms with Crippen molar-refractivity contribution in [3.63, 3.8) is 0 Å². The molecule has 1 aromatic carbocycles. The number of nitrogens with two attached hydrogens (primary N) is 1. The second-order valence-corrected chi connectivity index (χ2v) is 4.37. The van der Waals surface area contributed by atoms with Crippen molar-refractivity contribution in [2.24, 2.45) is 5.84 Å². The van der Waals surface area contributed by atoms with Crippen LogP contribution in [0.25, 0.3) is 11.3 Å². The van der Waals surface area contributed by atoms with Gasteiger partial charge in [0.15, 0.2) is 0 Å². The van der Waals surface area contributed by atoms with Gasteiger partial charge in [0.2, 0.25) is 0 Å². The van der Waals surface area contributed by atoms with Crippen molar-refractivity contribution in [3.8, 4) is 17.0 Å². The van der Waals surface area contributed by atoms with E-state index in [2.05, 4.69) is 10.4 Å². The van der Waals surface area contributed by atoms with E-state index in [-0.39, 0.29) is 0 Å². The second-order valence-electron chi connectivity index (χ2n) is 3.31.